The number of nitrogen functional groups attached to an aromatic ring is 1. The number of aromatic nitrogens is 1. The van der Waals surface area contributed by atoms with Crippen LogP contribution in [-0.4, -0.2) is 18.2 Å². The van der Waals surface area contributed by atoms with Gasteiger partial charge in [0.05, 0.1) is 0 Å². The van der Waals surface area contributed by atoms with E-state index in [1.54, 1.807) is 19.5 Å². The summed E-state index contributed by atoms with van der Waals surface area (Å²) in [5.74, 6) is 0.529. The molecule has 0 atom stereocenters. The Bertz CT molecular complexity index is 279. The maximum absolute atomic E-state index is 5.57. The zero-order valence-electron chi connectivity index (χ0n) is 6.70. The molecule has 0 fully saturated rings. The number of hydrogen-bond donors (Lipinski definition) is 1. The number of nitrogens with two attached hydrogens (primary N) is 1. The van der Waals surface area contributed by atoms with Crippen LogP contribution in [0.3, 0.4) is 0 Å². The van der Waals surface area contributed by atoms with Gasteiger partial charge in [-0.2, -0.15) is 0 Å². The molecule has 0 saturated carbocycles. The Kier molecular flexibility index (Phi) is 2.21. The fourth-order valence-electron chi connectivity index (χ4n) is 0.845. The second-order valence-corrected chi connectivity index (χ2v) is 2.37. The summed E-state index contributed by atoms with van der Waals surface area (Å²) in [5.41, 5.74) is 7.55. The monoisotopic (exact) mass is 149 g/mol. The van der Waals surface area contributed by atoms with Gasteiger partial charge in [0.15, 0.2) is 0 Å². The van der Waals surface area contributed by atoms with Gasteiger partial charge >= 0.3 is 0 Å². The van der Waals surface area contributed by atoms with Gasteiger partial charge in [0.1, 0.15) is 5.82 Å². The Morgan fingerprint density at radius 3 is 3.00 bits per heavy atom. The summed E-state index contributed by atoms with van der Waals surface area (Å²) in [4.78, 5) is 7.85. The first-order chi connectivity index (χ1) is 5.24. The minimum absolute atomic E-state index is 0.529. The van der Waals surface area contributed by atoms with Crippen LogP contribution in [0.4, 0.5) is 5.82 Å². The molecule has 0 saturated heterocycles. The van der Waals surface area contributed by atoms with E-state index in [1.165, 1.54) is 0 Å². The maximum Gasteiger partial charge on any atom is 0.132 e. The molecule has 1 rings (SSSR count). The largest absolute Gasteiger partial charge is 0.383 e. The number of nitrogens with zero attached hydrogens (tertiary/aromatic N) is 2. The van der Waals surface area contributed by atoms with Crippen molar-refractivity contribution in [2.24, 2.45) is 4.99 Å². The summed E-state index contributed by atoms with van der Waals surface area (Å²) in [6, 6.07) is 1.95. The van der Waals surface area contributed by atoms with Crippen molar-refractivity contribution in [1.82, 2.24) is 4.98 Å². The molecule has 1 aromatic heterocycles. The molecule has 11 heavy (non-hydrogen) atoms. The highest BCUT2D eigenvalue weighted by Crippen LogP contribution is 2.06. The number of aliphatic imine (C=N–C) groups is 1. The lowest BCUT2D eigenvalue weighted by molar-refractivity contribution is 1.27. The SMILES string of the molecule is CN=Cc1cc(C)cnc1N. The molecule has 0 bridgehead atoms. The summed E-state index contributed by atoms with van der Waals surface area (Å²) in [5, 5.41) is 0. The van der Waals surface area contributed by atoms with Crippen LogP contribution in [0.25, 0.3) is 0 Å². The predicted molar refractivity (Wildman–Crippen MR) is 46.9 cm³/mol. The lowest BCUT2D eigenvalue weighted by atomic mass is 10.2. The standard InChI is InChI=1S/C8H11N3/c1-6-3-7(5-10-2)8(9)11-4-6/h3-5H,1-2H3,(H2,9,11). The second kappa shape index (κ2) is 3.14. The van der Waals surface area contributed by atoms with E-state index in [9.17, 15) is 0 Å². The molecule has 0 amide bonds. The second-order valence-electron chi connectivity index (χ2n) is 2.37. The molecule has 0 unspecified atom stereocenters. The van der Waals surface area contributed by atoms with Crippen LogP contribution < -0.4 is 5.73 Å². The van der Waals surface area contributed by atoms with E-state index in [1.807, 2.05) is 13.0 Å². The van der Waals surface area contributed by atoms with E-state index in [2.05, 4.69) is 9.98 Å². The molecule has 3 heteroatoms. The highest BCUT2D eigenvalue weighted by molar-refractivity contribution is 5.85. The van der Waals surface area contributed by atoms with E-state index >= 15 is 0 Å². The van der Waals surface area contributed by atoms with Gasteiger partial charge in [-0.05, 0) is 18.6 Å². The topological polar surface area (TPSA) is 51.3 Å². The minimum Gasteiger partial charge on any atom is -0.383 e. The molecule has 0 aliphatic heterocycles. The van der Waals surface area contributed by atoms with Crippen molar-refractivity contribution < 1.29 is 0 Å². The maximum atomic E-state index is 5.57. The Balaban J connectivity index is 3.12. The van der Waals surface area contributed by atoms with E-state index in [0.717, 1.165) is 11.1 Å². The average Bonchev–Trinajstić information content (AvgIpc) is 1.98. The van der Waals surface area contributed by atoms with Crippen molar-refractivity contribution in [3.63, 3.8) is 0 Å². The van der Waals surface area contributed by atoms with Gasteiger partial charge in [-0.15, -0.1) is 0 Å². The Labute approximate surface area is 66.0 Å². The average molecular weight is 149 g/mol. The number of hydrogen-bond acceptors (Lipinski definition) is 3. The van der Waals surface area contributed by atoms with Crippen LogP contribution in [-0.2, 0) is 0 Å². The Morgan fingerprint density at radius 2 is 2.36 bits per heavy atom. The molecule has 1 heterocycles. The first-order valence-corrected chi connectivity index (χ1v) is 3.38. The molecule has 0 radical (unpaired) electrons. The zero-order chi connectivity index (χ0) is 8.27. The summed E-state index contributed by atoms with van der Waals surface area (Å²) < 4.78 is 0. The van der Waals surface area contributed by atoms with Gasteiger partial charge in [-0.3, -0.25) is 4.99 Å². The van der Waals surface area contributed by atoms with E-state index < -0.39 is 0 Å². The predicted octanol–water partition coefficient (Wildman–Crippen LogP) is 1.02. The third-order valence-electron chi connectivity index (χ3n) is 1.35. The molecular formula is C8H11N3. The summed E-state index contributed by atoms with van der Waals surface area (Å²) >= 11 is 0. The molecule has 58 valence electrons. The fourth-order valence-corrected chi connectivity index (χ4v) is 0.845. The van der Waals surface area contributed by atoms with Crippen molar-refractivity contribution >= 4 is 12.0 Å². The van der Waals surface area contributed by atoms with E-state index in [0.29, 0.717) is 5.82 Å². The van der Waals surface area contributed by atoms with Gasteiger partial charge in [0.2, 0.25) is 0 Å². The first kappa shape index (κ1) is 7.72. The quantitative estimate of drug-likeness (QED) is 0.606. The normalized spacial score (nSPS) is 10.7. The van der Waals surface area contributed by atoms with Crippen LogP contribution in [0.1, 0.15) is 11.1 Å². The Morgan fingerprint density at radius 1 is 1.64 bits per heavy atom. The van der Waals surface area contributed by atoms with E-state index in [-0.39, 0.29) is 0 Å². The zero-order valence-corrected chi connectivity index (χ0v) is 6.70. The van der Waals surface area contributed by atoms with Crippen molar-refractivity contribution in [1.29, 1.82) is 0 Å². The van der Waals surface area contributed by atoms with Gasteiger partial charge < -0.3 is 5.73 Å². The lowest BCUT2D eigenvalue weighted by Gasteiger charge is -1.98. The molecule has 1 aromatic rings. The highest BCUT2D eigenvalue weighted by Gasteiger charge is 1.95. The minimum atomic E-state index is 0.529. The molecular weight excluding hydrogens is 138 g/mol. The third kappa shape index (κ3) is 1.77. The van der Waals surface area contributed by atoms with Crippen molar-refractivity contribution in [2.75, 3.05) is 12.8 Å². The van der Waals surface area contributed by atoms with Gasteiger partial charge in [0.25, 0.3) is 0 Å². The van der Waals surface area contributed by atoms with Gasteiger partial charge in [-0.25, -0.2) is 4.98 Å². The lowest BCUT2D eigenvalue weighted by Crippen LogP contribution is -1.96. The van der Waals surface area contributed by atoms with Crippen LogP contribution >= 0.6 is 0 Å². The summed E-state index contributed by atoms with van der Waals surface area (Å²) in [7, 11) is 1.71. The van der Waals surface area contributed by atoms with Gasteiger partial charge in [0, 0.05) is 25.0 Å². The molecule has 0 aliphatic rings. The number of anilines is 1. The van der Waals surface area contributed by atoms with Crippen molar-refractivity contribution in [3.05, 3.63) is 23.4 Å². The molecule has 2 N–H and O–H groups in total. The van der Waals surface area contributed by atoms with E-state index in [4.69, 9.17) is 5.73 Å². The van der Waals surface area contributed by atoms with Crippen molar-refractivity contribution in [3.8, 4) is 0 Å². The summed E-state index contributed by atoms with van der Waals surface area (Å²) in [6.45, 7) is 1.97. The molecule has 0 aromatic carbocycles. The van der Waals surface area contributed by atoms with Crippen LogP contribution in [0, 0.1) is 6.92 Å². The molecule has 3 nitrogen and oxygen atoms in total. The molecule has 0 spiro atoms. The van der Waals surface area contributed by atoms with Gasteiger partial charge in [-0.1, -0.05) is 0 Å². The number of rotatable bonds is 1. The van der Waals surface area contributed by atoms with Crippen LogP contribution in [0.5, 0.6) is 0 Å². The fraction of sp³-hybridized carbons (Fsp3) is 0.250. The highest BCUT2D eigenvalue weighted by atomic mass is 14.8. The first-order valence-electron chi connectivity index (χ1n) is 3.38. The van der Waals surface area contributed by atoms with Crippen LogP contribution in [0.15, 0.2) is 17.3 Å². The number of aryl methyl sites for hydroxylation is 1. The van der Waals surface area contributed by atoms with Crippen LogP contribution in [0.2, 0.25) is 0 Å². The third-order valence-corrected chi connectivity index (χ3v) is 1.35. The van der Waals surface area contributed by atoms with Crippen molar-refractivity contribution in [2.45, 2.75) is 6.92 Å². The summed E-state index contributed by atoms with van der Waals surface area (Å²) in [6.07, 6.45) is 3.44. The Hall–Kier alpha value is -1.38. The smallest absolute Gasteiger partial charge is 0.132 e. The molecule has 0 aliphatic carbocycles. The number of pyridine rings is 1.